The number of para-hydroxylation sites is 2. The predicted octanol–water partition coefficient (Wildman–Crippen LogP) is 3.72. The Hall–Kier alpha value is -1.96. The molecule has 0 aliphatic rings. The van der Waals surface area contributed by atoms with Gasteiger partial charge in [0.1, 0.15) is 5.75 Å². The molecule has 0 amide bonds. The van der Waals surface area contributed by atoms with E-state index < -0.39 is 0 Å². The fourth-order valence-corrected chi connectivity index (χ4v) is 1.79. The van der Waals surface area contributed by atoms with Gasteiger partial charge < -0.3 is 10.5 Å². The molecule has 2 heteroatoms. The Labute approximate surface area is 102 Å². The van der Waals surface area contributed by atoms with Gasteiger partial charge in [-0.2, -0.15) is 0 Å². The highest BCUT2D eigenvalue weighted by molar-refractivity contribution is 5.80. The number of benzene rings is 2. The van der Waals surface area contributed by atoms with Crippen LogP contribution in [0.3, 0.4) is 0 Å². The summed E-state index contributed by atoms with van der Waals surface area (Å²) < 4.78 is 5.80. The topological polar surface area (TPSA) is 35.2 Å². The number of nitrogens with two attached hydrogens (primary N) is 1. The Morgan fingerprint density at radius 3 is 2.12 bits per heavy atom. The van der Waals surface area contributed by atoms with Crippen LogP contribution in [0.2, 0.25) is 0 Å². The Bertz CT molecular complexity index is 506. The van der Waals surface area contributed by atoms with Gasteiger partial charge in [-0.05, 0) is 26.0 Å². The highest BCUT2D eigenvalue weighted by Crippen LogP contribution is 2.33. The zero-order valence-corrected chi connectivity index (χ0v) is 10.2. The lowest BCUT2D eigenvalue weighted by molar-refractivity contribution is 0.243. The quantitative estimate of drug-likeness (QED) is 0.811. The van der Waals surface area contributed by atoms with Gasteiger partial charge in [0.2, 0.25) is 0 Å². The van der Waals surface area contributed by atoms with Crippen LogP contribution in [0.15, 0.2) is 48.5 Å². The summed E-state index contributed by atoms with van der Waals surface area (Å²) in [6, 6.07) is 15.8. The third kappa shape index (κ3) is 2.59. The molecule has 0 bridgehead atoms. The minimum atomic E-state index is 0.154. The van der Waals surface area contributed by atoms with Gasteiger partial charge in [-0.15, -0.1) is 0 Å². The molecule has 2 nitrogen and oxygen atoms in total. The van der Waals surface area contributed by atoms with Crippen LogP contribution in [-0.2, 0) is 0 Å². The zero-order valence-electron chi connectivity index (χ0n) is 10.2. The molecule has 0 radical (unpaired) electrons. The van der Waals surface area contributed by atoms with Crippen LogP contribution in [0.4, 0.5) is 5.69 Å². The van der Waals surface area contributed by atoms with Crippen molar-refractivity contribution in [1.29, 1.82) is 0 Å². The average Bonchev–Trinajstić information content (AvgIpc) is 2.30. The molecule has 0 saturated carbocycles. The maximum absolute atomic E-state index is 6.00. The second kappa shape index (κ2) is 4.91. The van der Waals surface area contributed by atoms with E-state index in [1.54, 1.807) is 0 Å². The zero-order chi connectivity index (χ0) is 12.3. The van der Waals surface area contributed by atoms with Crippen molar-refractivity contribution in [1.82, 2.24) is 0 Å². The van der Waals surface area contributed by atoms with E-state index in [0.717, 1.165) is 22.6 Å². The summed E-state index contributed by atoms with van der Waals surface area (Å²) in [6.07, 6.45) is 0.154. The van der Waals surface area contributed by atoms with Gasteiger partial charge in [0.15, 0.2) is 0 Å². The first-order valence-corrected chi connectivity index (χ1v) is 5.79. The molecular formula is C15H17NO. The van der Waals surface area contributed by atoms with E-state index in [4.69, 9.17) is 10.5 Å². The van der Waals surface area contributed by atoms with Gasteiger partial charge in [0, 0.05) is 16.8 Å². The summed E-state index contributed by atoms with van der Waals surface area (Å²) in [5.41, 5.74) is 8.83. The van der Waals surface area contributed by atoms with Crippen molar-refractivity contribution in [3.05, 3.63) is 48.5 Å². The van der Waals surface area contributed by atoms with Gasteiger partial charge >= 0.3 is 0 Å². The molecule has 0 aliphatic carbocycles. The van der Waals surface area contributed by atoms with Crippen LogP contribution in [0.1, 0.15) is 13.8 Å². The van der Waals surface area contributed by atoms with E-state index >= 15 is 0 Å². The predicted molar refractivity (Wildman–Crippen MR) is 72.1 cm³/mol. The van der Waals surface area contributed by atoms with Gasteiger partial charge in [0.25, 0.3) is 0 Å². The fourth-order valence-electron chi connectivity index (χ4n) is 1.79. The van der Waals surface area contributed by atoms with Crippen LogP contribution in [0.25, 0.3) is 11.1 Å². The van der Waals surface area contributed by atoms with Crippen LogP contribution >= 0.6 is 0 Å². The van der Waals surface area contributed by atoms with E-state index in [-0.39, 0.29) is 6.10 Å². The second-order valence-electron chi connectivity index (χ2n) is 4.25. The minimum absolute atomic E-state index is 0.154. The summed E-state index contributed by atoms with van der Waals surface area (Å²) in [5.74, 6) is 0.875. The molecule has 0 fully saturated rings. The fraction of sp³-hybridized carbons (Fsp3) is 0.200. The molecule has 2 rings (SSSR count). The molecular weight excluding hydrogens is 210 g/mol. The lowest BCUT2D eigenvalue weighted by Gasteiger charge is -2.15. The van der Waals surface area contributed by atoms with Crippen LogP contribution in [-0.4, -0.2) is 6.10 Å². The number of nitrogen functional groups attached to an aromatic ring is 1. The standard InChI is InChI=1S/C15H17NO/c1-11(2)17-15-10-6-4-8-13(15)12-7-3-5-9-14(12)16/h3-11H,16H2,1-2H3. The first-order chi connectivity index (χ1) is 8.18. The molecule has 2 aromatic rings. The van der Waals surface area contributed by atoms with Gasteiger partial charge in [0.05, 0.1) is 6.10 Å². The lowest BCUT2D eigenvalue weighted by atomic mass is 10.0. The molecule has 2 N–H and O–H groups in total. The highest BCUT2D eigenvalue weighted by Gasteiger charge is 2.09. The molecule has 2 aromatic carbocycles. The Morgan fingerprint density at radius 1 is 0.882 bits per heavy atom. The molecule has 0 unspecified atom stereocenters. The number of hydrogen-bond donors (Lipinski definition) is 1. The van der Waals surface area contributed by atoms with E-state index in [1.165, 1.54) is 0 Å². The third-order valence-electron chi connectivity index (χ3n) is 2.50. The first-order valence-electron chi connectivity index (χ1n) is 5.79. The first kappa shape index (κ1) is 11.5. The van der Waals surface area contributed by atoms with E-state index in [0.29, 0.717) is 0 Å². The summed E-state index contributed by atoms with van der Waals surface area (Å²) in [6.45, 7) is 4.04. The molecule has 88 valence electrons. The van der Waals surface area contributed by atoms with Crippen molar-refractivity contribution in [2.75, 3.05) is 5.73 Å². The molecule has 0 heterocycles. The maximum atomic E-state index is 6.00. The van der Waals surface area contributed by atoms with Crippen LogP contribution in [0, 0.1) is 0 Å². The van der Waals surface area contributed by atoms with E-state index in [9.17, 15) is 0 Å². The smallest absolute Gasteiger partial charge is 0.127 e. The van der Waals surface area contributed by atoms with Crippen molar-refractivity contribution < 1.29 is 4.74 Å². The van der Waals surface area contributed by atoms with Crippen molar-refractivity contribution >= 4 is 5.69 Å². The van der Waals surface area contributed by atoms with Crippen molar-refractivity contribution in [3.63, 3.8) is 0 Å². The summed E-state index contributed by atoms with van der Waals surface area (Å²) in [4.78, 5) is 0. The maximum Gasteiger partial charge on any atom is 0.127 e. The Kier molecular flexibility index (Phi) is 3.33. The second-order valence-corrected chi connectivity index (χ2v) is 4.25. The van der Waals surface area contributed by atoms with Gasteiger partial charge in [-0.1, -0.05) is 36.4 Å². The molecule has 0 atom stereocenters. The molecule has 0 aliphatic heterocycles. The Morgan fingerprint density at radius 2 is 1.47 bits per heavy atom. The summed E-state index contributed by atoms with van der Waals surface area (Å²) in [7, 11) is 0. The Balaban J connectivity index is 2.48. The summed E-state index contributed by atoms with van der Waals surface area (Å²) in [5, 5.41) is 0. The third-order valence-corrected chi connectivity index (χ3v) is 2.50. The monoisotopic (exact) mass is 227 g/mol. The van der Waals surface area contributed by atoms with Crippen molar-refractivity contribution in [2.45, 2.75) is 20.0 Å². The number of rotatable bonds is 3. The highest BCUT2D eigenvalue weighted by atomic mass is 16.5. The van der Waals surface area contributed by atoms with Crippen LogP contribution < -0.4 is 10.5 Å². The summed E-state index contributed by atoms with van der Waals surface area (Å²) >= 11 is 0. The number of hydrogen-bond acceptors (Lipinski definition) is 2. The molecule has 0 spiro atoms. The average molecular weight is 227 g/mol. The lowest BCUT2D eigenvalue weighted by Crippen LogP contribution is -2.06. The van der Waals surface area contributed by atoms with E-state index in [2.05, 4.69) is 0 Å². The SMILES string of the molecule is CC(C)Oc1ccccc1-c1ccccc1N. The van der Waals surface area contributed by atoms with Gasteiger partial charge in [-0.25, -0.2) is 0 Å². The van der Waals surface area contributed by atoms with E-state index in [1.807, 2.05) is 62.4 Å². The largest absolute Gasteiger partial charge is 0.490 e. The van der Waals surface area contributed by atoms with Crippen LogP contribution in [0.5, 0.6) is 5.75 Å². The molecule has 17 heavy (non-hydrogen) atoms. The number of ether oxygens (including phenoxy) is 1. The molecule has 0 saturated heterocycles. The molecule has 0 aromatic heterocycles. The van der Waals surface area contributed by atoms with Crippen molar-refractivity contribution in [2.24, 2.45) is 0 Å². The van der Waals surface area contributed by atoms with Gasteiger partial charge in [-0.3, -0.25) is 0 Å². The minimum Gasteiger partial charge on any atom is -0.490 e. The number of anilines is 1. The van der Waals surface area contributed by atoms with Crippen molar-refractivity contribution in [3.8, 4) is 16.9 Å². The normalized spacial score (nSPS) is 10.5.